The fourth-order valence-corrected chi connectivity index (χ4v) is 4.04. The molecule has 1 amide bonds. The Bertz CT molecular complexity index is 967. The third-order valence-electron chi connectivity index (χ3n) is 4.24. The smallest absolute Gasteiger partial charge is 0.260 e. The molecule has 2 aromatic rings. The Hall–Kier alpha value is -2.75. The summed E-state index contributed by atoms with van der Waals surface area (Å²) < 4.78 is 10.8. The van der Waals surface area contributed by atoms with Gasteiger partial charge in [-0.3, -0.25) is 4.79 Å². The number of carbonyl (C=O) groups excluding carboxylic acids is 1. The zero-order chi connectivity index (χ0) is 20.8. The zero-order valence-electron chi connectivity index (χ0n) is 16.1. The maximum absolute atomic E-state index is 12.4. The number of halogens is 1. The Morgan fingerprint density at radius 3 is 2.76 bits per heavy atom. The Morgan fingerprint density at radius 1 is 1.34 bits per heavy atom. The molecule has 0 saturated carbocycles. The number of ether oxygens (including phenoxy) is 2. The number of hydrogen-bond donors (Lipinski definition) is 2. The van der Waals surface area contributed by atoms with Gasteiger partial charge in [-0.15, -0.1) is 6.42 Å². The Balaban J connectivity index is 1.75. The molecule has 1 fully saturated rings. The topological polar surface area (TPSA) is 59.6 Å². The van der Waals surface area contributed by atoms with Gasteiger partial charge in [-0.2, -0.15) is 0 Å². The number of rotatable bonds is 7. The average molecular weight is 429 g/mol. The van der Waals surface area contributed by atoms with Crippen molar-refractivity contribution in [2.24, 2.45) is 0 Å². The molecule has 150 valence electrons. The lowest BCUT2D eigenvalue weighted by Crippen LogP contribution is -2.30. The summed E-state index contributed by atoms with van der Waals surface area (Å²) in [5.41, 5.74) is 2.68. The van der Waals surface area contributed by atoms with Crippen LogP contribution in [0.15, 0.2) is 41.3 Å². The van der Waals surface area contributed by atoms with Crippen molar-refractivity contribution in [2.45, 2.75) is 18.8 Å². The fourth-order valence-electron chi connectivity index (χ4n) is 2.78. The van der Waals surface area contributed by atoms with Crippen LogP contribution < -0.4 is 20.1 Å². The Kier molecular flexibility index (Phi) is 6.97. The van der Waals surface area contributed by atoms with E-state index in [1.54, 1.807) is 18.2 Å². The third-order valence-corrected chi connectivity index (χ3v) is 5.55. The zero-order valence-corrected chi connectivity index (χ0v) is 17.7. The van der Waals surface area contributed by atoms with Gasteiger partial charge < -0.3 is 20.1 Å². The summed E-state index contributed by atoms with van der Waals surface area (Å²) in [5.74, 6) is 3.08. The summed E-state index contributed by atoms with van der Waals surface area (Å²) in [6.45, 7) is 2.20. The maximum Gasteiger partial charge on any atom is 0.260 e. The van der Waals surface area contributed by atoms with E-state index in [-0.39, 0.29) is 18.0 Å². The first-order valence-corrected chi connectivity index (χ1v) is 10.3. The van der Waals surface area contributed by atoms with Gasteiger partial charge in [0.15, 0.2) is 17.0 Å². The standard InChI is InChI=1S/C22H21ClN2O3S/c1-4-10-28-20-17(23)11-15(12-18(20)27-3)13-19-21(26)25-22(29-19)24-16-8-6-14(5-2)7-9-16/h1,6-9,11-13,22,24H,5,10H2,2-3H3,(H,25,26)/b19-13-/t22-/m0/s1. The second-order valence-corrected chi connectivity index (χ2v) is 7.76. The van der Waals surface area contributed by atoms with Gasteiger partial charge >= 0.3 is 0 Å². The molecule has 0 unspecified atom stereocenters. The first-order chi connectivity index (χ1) is 14.0. The summed E-state index contributed by atoms with van der Waals surface area (Å²) in [6.07, 6.45) is 7.98. The van der Waals surface area contributed by atoms with E-state index in [0.29, 0.717) is 21.4 Å². The Morgan fingerprint density at radius 2 is 2.10 bits per heavy atom. The van der Waals surface area contributed by atoms with Crippen molar-refractivity contribution in [3.8, 4) is 23.8 Å². The molecule has 2 N–H and O–H groups in total. The van der Waals surface area contributed by atoms with Crippen LogP contribution >= 0.6 is 23.4 Å². The SMILES string of the molecule is C#CCOc1c(Cl)cc(/C=C2\S[C@@H](Nc3ccc(CC)cc3)NC2=O)cc1OC. The molecule has 1 heterocycles. The van der Waals surface area contributed by atoms with Crippen LogP contribution in [0.5, 0.6) is 11.5 Å². The van der Waals surface area contributed by atoms with Crippen molar-refractivity contribution in [1.29, 1.82) is 0 Å². The summed E-state index contributed by atoms with van der Waals surface area (Å²) in [7, 11) is 1.52. The number of benzene rings is 2. The molecule has 1 saturated heterocycles. The summed E-state index contributed by atoms with van der Waals surface area (Å²) in [6, 6.07) is 11.6. The van der Waals surface area contributed by atoms with Gasteiger partial charge in [-0.1, -0.05) is 48.3 Å². The van der Waals surface area contributed by atoms with E-state index in [2.05, 4.69) is 35.6 Å². The molecule has 7 heteroatoms. The van der Waals surface area contributed by atoms with Crippen LogP contribution in [0.4, 0.5) is 5.69 Å². The van der Waals surface area contributed by atoms with Crippen molar-refractivity contribution >= 4 is 41.0 Å². The number of thioether (sulfide) groups is 1. The predicted octanol–water partition coefficient (Wildman–Crippen LogP) is 4.52. The first kappa shape index (κ1) is 21.0. The number of anilines is 1. The van der Waals surface area contributed by atoms with E-state index in [1.807, 2.05) is 12.1 Å². The van der Waals surface area contributed by atoms with Crippen LogP contribution in [0.25, 0.3) is 6.08 Å². The Labute approximate surface area is 179 Å². The number of hydrogen-bond acceptors (Lipinski definition) is 5. The first-order valence-electron chi connectivity index (χ1n) is 9.02. The van der Waals surface area contributed by atoms with Crippen molar-refractivity contribution in [2.75, 3.05) is 19.0 Å². The highest BCUT2D eigenvalue weighted by molar-refractivity contribution is 8.05. The lowest BCUT2D eigenvalue weighted by Gasteiger charge is -2.13. The lowest BCUT2D eigenvalue weighted by atomic mass is 10.1. The molecule has 1 aliphatic heterocycles. The molecule has 29 heavy (non-hydrogen) atoms. The monoisotopic (exact) mass is 428 g/mol. The minimum Gasteiger partial charge on any atom is -0.493 e. The van der Waals surface area contributed by atoms with Gasteiger partial charge in [-0.05, 0) is 47.9 Å². The van der Waals surface area contributed by atoms with Crippen LogP contribution in [0.2, 0.25) is 5.02 Å². The van der Waals surface area contributed by atoms with Crippen LogP contribution in [0, 0.1) is 12.3 Å². The van der Waals surface area contributed by atoms with Gasteiger partial charge in [-0.25, -0.2) is 0 Å². The van der Waals surface area contributed by atoms with Gasteiger partial charge in [0.2, 0.25) is 0 Å². The van der Waals surface area contributed by atoms with E-state index in [0.717, 1.165) is 17.7 Å². The largest absolute Gasteiger partial charge is 0.493 e. The molecule has 0 bridgehead atoms. The van der Waals surface area contributed by atoms with Gasteiger partial charge in [0, 0.05) is 5.69 Å². The molecular formula is C22H21ClN2O3S. The number of methoxy groups -OCH3 is 1. The van der Waals surface area contributed by atoms with Crippen LogP contribution in [-0.2, 0) is 11.2 Å². The van der Waals surface area contributed by atoms with Gasteiger partial charge in [0.05, 0.1) is 17.0 Å². The molecule has 0 spiro atoms. The second-order valence-electron chi connectivity index (χ2n) is 6.20. The normalized spacial score (nSPS) is 17.0. The second kappa shape index (κ2) is 9.64. The molecule has 1 aliphatic rings. The molecule has 0 aliphatic carbocycles. The number of amides is 1. The van der Waals surface area contributed by atoms with Gasteiger partial charge in [0.25, 0.3) is 5.91 Å². The minimum absolute atomic E-state index is 0.0847. The van der Waals surface area contributed by atoms with Crippen molar-refractivity contribution in [3.05, 3.63) is 57.5 Å². The highest BCUT2D eigenvalue weighted by Gasteiger charge is 2.27. The van der Waals surface area contributed by atoms with E-state index in [1.165, 1.54) is 24.4 Å². The number of terminal acetylenes is 1. The van der Waals surface area contributed by atoms with Crippen LogP contribution in [0.3, 0.4) is 0 Å². The minimum atomic E-state index is -0.253. The molecule has 0 radical (unpaired) electrons. The van der Waals surface area contributed by atoms with Crippen LogP contribution in [0.1, 0.15) is 18.1 Å². The molecule has 2 aromatic carbocycles. The predicted molar refractivity (Wildman–Crippen MR) is 119 cm³/mol. The van der Waals surface area contributed by atoms with E-state index >= 15 is 0 Å². The number of nitrogens with one attached hydrogen (secondary N) is 2. The molecule has 1 atom stereocenters. The molecule has 5 nitrogen and oxygen atoms in total. The molecular weight excluding hydrogens is 408 g/mol. The quantitative estimate of drug-likeness (QED) is 0.501. The molecule has 0 aromatic heterocycles. The van der Waals surface area contributed by atoms with E-state index in [4.69, 9.17) is 27.5 Å². The van der Waals surface area contributed by atoms with Gasteiger partial charge in [0.1, 0.15) is 6.61 Å². The summed E-state index contributed by atoms with van der Waals surface area (Å²) >= 11 is 7.71. The summed E-state index contributed by atoms with van der Waals surface area (Å²) in [5, 5.41) is 6.58. The third kappa shape index (κ3) is 5.20. The number of aryl methyl sites for hydroxylation is 1. The van der Waals surface area contributed by atoms with E-state index in [9.17, 15) is 4.79 Å². The average Bonchev–Trinajstić information content (AvgIpc) is 3.06. The van der Waals surface area contributed by atoms with Crippen LogP contribution in [-0.4, -0.2) is 25.1 Å². The van der Waals surface area contributed by atoms with Crippen molar-refractivity contribution < 1.29 is 14.3 Å². The lowest BCUT2D eigenvalue weighted by molar-refractivity contribution is -0.116. The number of carbonyl (C=O) groups is 1. The van der Waals surface area contributed by atoms with E-state index < -0.39 is 0 Å². The highest BCUT2D eigenvalue weighted by atomic mass is 35.5. The highest BCUT2D eigenvalue weighted by Crippen LogP contribution is 2.38. The van der Waals surface area contributed by atoms with Crippen molar-refractivity contribution in [3.63, 3.8) is 0 Å². The molecule has 3 rings (SSSR count). The fraction of sp³-hybridized carbons (Fsp3) is 0.227. The van der Waals surface area contributed by atoms with Crippen molar-refractivity contribution in [1.82, 2.24) is 5.32 Å². The maximum atomic E-state index is 12.4. The summed E-state index contributed by atoms with van der Waals surface area (Å²) in [4.78, 5) is 12.9.